The summed E-state index contributed by atoms with van der Waals surface area (Å²) in [7, 11) is 0. The van der Waals surface area contributed by atoms with Crippen LogP contribution >= 0.6 is 0 Å². The molecule has 0 aromatic heterocycles. The van der Waals surface area contributed by atoms with Gasteiger partial charge in [-0.15, -0.1) is 0 Å². The number of hydrogen-bond donors (Lipinski definition) is 0. The Hall–Kier alpha value is -1.84. The van der Waals surface area contributed by atoms with Gasteiger partial charge >= 0.3 is 11.9 Å². The van der Waals surface area contributed by atoms with Gasteiger partial charge in [0.2, 0.25) is 0 Å². The van der Waals surface area contributed by atoms with Gasteiger partial charge in [-0.05, 0) is 12.0 Å². The summed E-state index contributed by atoms with van der Waals surface area (Å²) in [6.07, 6.45) is 0.583. The molecule has 0 spiro atoms. The molecule has 2 fully saturated rings. The molecule has 4 nitrogen and oxygen atoms in total. The lowest BCUT2D eigenvalue weighted by Crippen LogP contribution is -2.26. The second kappa shape index (κ2) is 3.58. The van der Waals surface area contributed by atoms with Crippen molar-refractivity contribution in [3.05, 3.63) is 35.9 Å². The van der Waals surface area contributed by atoms with Crippen molar-refractivity contribution in [2.24, 2.45) is 11.3 Å². The first-order chi connectivity index (χ1) is 8.23. The number of fused-ring (bicyclic) bond motifs is 1. The summed E-state index contributed by atoms with van der Waals surface area (Å²) in [5.74, 6) is -0.812. The second-order valence-corrected chi connectivity index (χ2v) is 4.53. The lowest BCUT2D eigenvalue weighted by molar-refractivity contribution is -0.161. The molecule has 3 rings (SSSR count). The van der Waals surface area contributed by atoms with Crippen molar-refractivity contribution < 1.29 is 19.1 Å². The van der Waals surface area contributed by atoms with Crippen molar-refractivity contribution in [1.82, 2.24) is 0 Å². The van der Waals surface area contributed by atoms with Crippen LogP contribution in [0.3, 0.4) is 0 Å². The molecule has 1 heterocycles. The van der Waals surface area contributed by atoms with Crippen molar-refractivity contribution in [2.75, 3.05) is 6.61 Å². The lowest BCUT2D eigenvalue weighted by atomic mass is 10.1. The number of hydrogen-bond acceptors (Lipinski definition) is 4. The van der Waals surface area contributed by atoms with Crippen molar-refractivity contribution in [1.29, 1.82) is 0 Å². The summed E-state index contributed by atoms with van der Waals surface area (Å²) in [4.78, 5) is 23.3. The molecule has 1 aliphatic heterocycles. The minimum absolute atomic E-state index is 0.0401. The van der Waals surface area contributed by atoms with E-state index in [0.29, 0.717) is 13.0 Å². The highest BCUT2D eigenvalue weighted by Gasteiger charge is 2.72. The molecule has 0 bridgehead atoms. The molecule has 17 heavy (non-hydrogen) atoms. The third-order valence-electron chi connectivity index (χ3n) is 3.46. The SMILES string of the molecule is O=C(OCc1ccccc1)C12CC1COC2=O. The second-order valence-electron chi connectivity index (χ2n) is 4.53. The number of carbonyl (C=O) groups excluding carboxylic acids is 2. The molecule has 2 unspecified atom stereocenters. The van der Waals surface area contributed by atoms with Gasteiger partial charge in [-0.1, -0.05) is 30.3 Å². The van der Waals surface area contributed by atoms with Crippen LogP contribution in [0.2, 0.25) is 0 Å². The molecular formula is C13H12O4. The molecule has 1 aromatic rings. The van der Waals surface area contributed by atoms with Crippen LogP contribution in [0.25, 0.3) is 0 Å². The fourth-order valence-corrected chi connectivity index (χ4v) is 2.27. The fourth-order valence-electron chi connectivity index (χ4n) is 2.27. The molecule has 2 atom stereocenters. The number of carbonyl (C=O) groups is 2. The first-order valence-electron chi connectivity index (χ1n) is 5.62. The van der Waals surface area contributed by atoms with Gasteiger partial charge in [-0.2, -0.15) is 0 Å². The summed E-state index contributed by atoms with van der Waals surface area (Å²) in [6, 6.07) is 9.41. The normalized spacial score (nSPS) is 29.4. The molecule has 0 N–H and O–H groups in total. The lowest BCUT2D eigenvalue weighted by Gasteiger charge is -2.09. The van der Waals surface area contributed by atoms with Crippen molar-refractivity contribution in [3.8, 4) is 0 Å². The smallest absolute Gasteiger partial charge is 0.324 e. The molecule has 0 amide bonds. The largest absolute Gasteiger partial charge is 0.464 e. The van der Waals surface area contributed by atoms with Gasteiger partial charge in [0.15, 0.2) is 5.41 Å². The number of benzene rings is 1. The van der Waals surface area contributed by atoms with Gasteiger partial charge in [-0.3, -0.25) is 9.59 Å². The Morgan fingerprint density at radius 3 is 2.76 bits per heavy atom. The first-order valence-corrected chi connectivity index (χ1v) is 5.62. The standard InChI is InChI=1S/C13H12O4/c14-11(13-6-10(13)8-17-12(13)15)16-7-9-4-2-1-3-5-9/h1-5,10H,6-8H2. The zero-order valence-electron chi connectivity index (χ0n) is 9.22. The minimum Gasteiger partial charge on any atom is -0.464 e. The Labute approximate surface area is 98.5 Å². The van der Waals surface area contributed by atoms with E-state index < -0.39 is 17.4 Å². The average molecular weight is 232 g/mol. The van der Waals surface area contributed by atoms with Crippen LogP contribution in [0.1, 0.15) is 12.0 Å². The van der Waals surface area contributed by atoms with E-state index in [-0.39, 0.29) is 12.5 Å². The monoisotopic (exact) mass is 232 g/mol. The Morgan fingerprint density at radius 1 is 1.41 bits per heavy atom. The summed E-state index contributed by atoms with van der Waals surface area (Å²) in [5, 5.41) is 0. The van der Waals surface area contributed by atoms with Crippen LogP contribution in [0.4, 0.5) is 0 Å². The number of cyclic esters (lactones) is 1. The van der Waals surface area contributed by atoms with E-state index in [2.05, 4.69) is 0 Å². The summed E-state index contributed by atoms with van der Waals surface area (Å²) in [5.41, 5.74) is -0.0461. The Kier molecular flexibility index (Phi) is 2.18. The summed E-state index contributed by atoms with van der Waals surface area (Å²) < 4.78 is 10.0. The first kappa shape index (κ1) is 10.3. The maximum Gasteiger partial charge on any atom is 0.324 e. The van der Waals surface area contributed by atoms with Gasteiger partial charge in [0.1, 0.15) is 6.61 Å². The Balaban J connectivity index is 1.64. The zero-order valence-corrected chi connectivity index (χ0v) is 9.22. The van der Waals surface area contributed by atoms with Gasteiger partial charge in [0, 0.05) is 5.92 Å². The van der Waals surface area contributed by atoms with E-state index in [9.17, 15) is 9.59 Å². The van der Waals surface area contributed by atoms with E-state index in [1.54, 1.807) is 0 Å². The summed E-state index contributed by atoms with van der Waals surface area (Å²) in [6.45, 7) is 0.570. The van der Waals surface area contributed by atoms with E-state index >= 15 is 0 Å². The van der Waals surface area contributed by atoms with Gasteiger partial charge in [-0.25, -0.2) is 0 Å². The van der Waals surface area contributed by atoms with E-state index in [4.69, 9.17) is 9.47 Å². The highest BCUT2D eigenvalue weighted by Crippen LogP contribution is 2.58. The van der Waals surface area contributed by atoms with Gasteiger partial charge in [0.25, 0.3) is 0 Å². The highest BCUT2D eigenvalue weighted by molar-refractivity contribution is 6.05. The van der Waals surface area contributed by atoms with Crippen molar-refractivity contribution in [2.45, 2.75) is 13.0 Å². The van der Waals surface area contributed by atoms with Crippen molar-refractivity contribution >= 4 is 11.9 Å². The minimum atomic E-state index is -0.964. The van der Waals surface area contributed by atoms with E-state index in [1.165, 1.54) is 0 Å². The number of rotatable bonds is 3. The average Bonchev–Trinajstić information content (AvgIpc) is 3.02. The topological polar surface area (TPSA) is 52.6 Å². The predicted molar refractivity (Wildman–Crippen MR) is 57.7 cm³/mol. The van der Waals surface area contributed by atoms with E-state index in [0.717, 1.165) is 5.56 Å². The third-order valence-corrected chi connectivity index (χ3v) is 3.46. The Bertz CT molecular complexity index is 468. The maximum absolute atomic E-state index is 11.9. The molecule has 1 saturated carbocycles. The molecule has 1 aliphatic carbocycles. The highest BCUT2D eigenvalue weighted by atomic mass is 16.6. The van der Waals surface area contributed by atoms with Crippen LogP contribution in [0.5, 0.6) is 0 Å². The molecule has 1 aromatic carbocycles. The van der Waals surface area contributed by atoms with Crippen LogP contribution in [0.15, 0.2) is 30.3 Å². The maximum atomic E-state index is 11.9. The van der Waals surface area contributed by atoms with Crippen LogP contribution in [-0.4, -0.2) is 18.5 Å². The molecule has 0 radical (unpaired) electrons. The molecule has 2 aliphatic rings. The molecular weight excluding hydrogens is 220 g/mol. The molecule has 4 heteroatoms. The Morgan fingerprint density at radius 2 is 2.18 bits per heavy atom. The zero-order chi connectivity index (χ0) is 11.9. The molecule has 88 valence electrons. The van der Waals surface area contributed by atoms with Gasteiger partial charge < -0.3 is 9.47 Å². The van der Waals surface area contributed by atoms with Crippen LogP contribution < -0.4 is 0 Å². The number of esters is 2. The van der Waals surface area contributed by atoms with Gasteiger partial charge in [0.05, 0.1) is 6.61 Å². The number of ether oxygens (including phenoxy) is 2. The van der Waals surface area contributed by atoms with E-state index in [1.807, 2.05) is 30.3 Å². The molecule has 1 saturated heterocycles. The quantitative estimate of drug-likeness (QED) is 0.582. The van der Waals surface area contributed by atoms with Crippen LogP contribution in [-0.2, 0) is 25.7 Å². The predicted octanol–water partition coefficient (Wildman–Crippen LogP) is 1.29. The summed E-state index contributed by atoms with van der Waals surface area (Å²) >= 11 is 0. The van der Waals surface area contributed by atoms with Crippen molar-refractivity contribution in [3.63, 3.8) is 0 Å². The van der Waals surface area contributed by atoms with Crippen LogP contribution in [0, 0.1) is 11.3 Å². The third kappa shape index (κ3) is 1.52. The fraction of sp³-hybridized carbons (Fsp3) is 0.385.